The molecular weight excluding hydrogens is 850 g/mol. The minimum Gasteiger partial charge on any atom is -0.411 e. The number of thiocarbonyl (C=S) groups is 3. The van der Waals surface area contributed by atoms with Crippen LogP contribution in [0, 0.1) is 27.2 Å². The van der Waals surface area contributed by atoms with E-state index in [1.54, 1.807) is 4.90 Å². The van der Waals surface area contributed by atoms with Gasteiger partial charge < -0.3 is 51.8 Å². The molecule has 1 rings (SSSR count). The fourth-order valence-electron chi connectivity index (χ4n) is 2.72. The van der Waals surface area contributed by atoms with Crippen molar-refractivity contribution >= 4 is 120 Å². The predicted molar refractivity (Wildman–Crippen MR) is 205 cm³/mol. The first kappa shape index (κ1) is 55.6. The van der Waals surface area contributed by atoms with Crippen molar-refractivity contribution in [3.05, 3.63) is 43.5 Å². The number of carbonyl (C=O) groups is 2. The molecule has 2 amide bonds. The number of carbonyl (C=O) groups excluding carboxylic acids is 2. The Morgan fingerprint density at radius 3 is 1.53 bits per heavy atom. The van der Waals surface area contributed by atoms with Gasteiger partial charge in [-0.1, -0.05) is 84.8 Å². The van der Waals surface area contributed by atoms with Crippen LogP contribution >= 0.6 is 71.9 Å². The van der Waals surface area contributed by atoms with Gasteiger partial charge in [0, 0.05) is 50.5 Å². The van der Waals surface area contributed by atoms with E-state index in [9.17, 15) is 29.8 Å². The average Bonchev–Trinajstić information content (AvgIpc) is 2.94. The molecule has 0 radical (unpaired) electrons. The third-order valence-electron chi connectivity index (χ3n) is 4.57. The third kappa shape index (κ3) is 30.9. The summed E-state index contributed by atoms with van der Waals surface area (Å²) in [6, 6.07) is 1.78. The zero-order valence-electron chi connectivity index (χ0n) is 27.6. The van der Waals surface area contributed by atoms with Crippen LogP contribution in [-0.4, -0.2) is 88.2 Å². The van der Waals surface area contributed by atoms with Crippen LogP contribution in [-0.2, 0) is 51.6 Å². The summed E-state index contributed by atoms with van der Waals surface area (Å²) in [7, 11) is 3.66. The standard InChI is InChI=1S/C10H21NOS.C8H7N3O5.C4H8N2S4.C3H7NS2.2Zn/c1-4-7-11(8-5-2)10(12)13-9-6-3;1-4-2-5(10(13)14)3-6(11(15)16)7(4)8(9)12;5-3(7)9-1-2-10-4(6)8;1-4(2)3(5)6;;/h4-9H2,1-3H3;2-3H,1H3,(H2,9,12);1-2H2,(H2,5,7)(H2,6,8);1-2H3,(H,5,6);;/q;;;;2*+2/p-1. The Morgan fingerprint density at radius 2 is 1.26 bits per heavy atom. The summed E-state index contributed by atoms with van der Waals surface area (Å²) in [4.78, 5) is 45.7. The van der Waals surface area contributed by atoms with E-state index in [1.807, 2.05) is 19.0 Å². The second-order valence-electron chi connectivity index (χ2n) is 8.63. The number of primary amides is 1. The average molecular weight is 892 g/mol. The molecule has 13 nitrogen and oxygen atoms in total. The van der Waals surface area contributed by atoms with Crippen molar-refractivity contribution < 1.29 is 58.4 Å². The smallest absolute Gasteiger partial charge is 0.411 e. The van der Waals surface area contributed by atoms with E-state index in [2.05, 4.69) is 70.1 Å². The van der Waals surface area contributed by atoms with Crippen molar-refractivity contribution in [3.63, 3.8) is 0 Å². The number of hydrogen-bond acceptors (Lipinski definition) is 13. The van der Waals surface area contributed by atoms with Crippen LogP contribution in [0.15, 0.2) is 12.1 Å². The molecule has 47 heavy (non-hydrogen) atoms. The van der Waals surface area contributed by atoms with Crippen molar-refractivity contribution in [3.8, 4) is 0 Å². The van der Waals surface area contributed by atoms with Gasteiger partial charge in [0.05, 0.1) is 15.9 Å². The normalized spacial score (nSPS) is 9.06. The molecule has 22 heteroatoms. The minimum atomic E-state index is -0.987. The maximum absolute atomic E-state index is 11.6. The zero-order valence-corrected chi connectivity index (χ0v) is 39.2. The number of nitro benzene ring substituents is 2. The molecule has 0 aliphatic heterocycles. The molecule has 0 fully saturated rings. The molecule has 0 saturated heterocycles. The van der Waals surface area contributed by atoms with E-state index < -0.39 is 27.1 Å². The molecule has 0 atom stereocenters. The molecule has 1 aromatic carbocycles. The molecule has 0 spiro atoms. The maximum atomic E-state index is 11.6. The van der Waals surface area contributed by atoms with Gasteiger partial charge in [-0.3, -0.25) is 29.8 Å². The Kier molecular flexibility index (Phi) is 39.8. The number of non-ortho nitro benzene ring substituents is 1. The number of thioether (sulfide) groups is 3. The topological polar surface area (TPSA) is 205 Å². The van der Waals surface area contributed by atoms with Gasteiger partial charge in [-0.05, 0) is 31.7 Å². The monoisotopic (exact) mass is 888 g/mol. The number of rotatable bonds is 12. The Morgan fingerprint density at radius 1 is 0.830 bits per heavy atom. The zero-order chi connectivity index (χ0) is 35.7. The Labute approximate surface area is 337 Å². The fraction of sp³-hybridized carbons (Fsp3) is 0.560. The first-order chi connectivity index (χ1) is 20.9. The summed E-state index contributed by atoms with van der Waals surface area (Å²) < 4.78 is 1.46. The van der Waals surface area contributed by atoms with Gasteiger partial charge in [-0.25, -0.2) is 0 Å². The van der Waals surface area contributed by atoms with E-state index in [4.69, 9.17) is 17.2 Å². The van der Waals surface area contributed by atoms with Gasteiger partial charge in [0.25, 0.3) is 22.5 Å². The first-order valence-corrected chi connectivity index (χ1v) is 17.8. The van der Waals surface area contributed by atoms with Crippen LogP contribution < -0.4 is 17.2 Å². The van der Waals surface area contributed by atoms with Gasteiger partial charge in [0.15, 0.2) is 0 Å². The SMILES string of the molecule is CCCSC(=O)N(CCC)CCC.CN(C)C(=S)[S-].Cc1cc([N+](=O)[O-])cc([N+](=O)[O-])c1C(N)=O.NC(=S)SCCSC(N)=S.[Zn+2].[Zn+2]. The molecule has 1 aromatic rings. The number of amides is 2. The molecular formula is C25H42N7O6S7Zn2+3. The van der Waals surface area contributed by atoms with Crippen molar-refractivity contribution in [1.29, 1.82) is 0 Å². The van der Waals surface area contributed by atoms with Gasteiger partial charge in [-0.15, -0.1) is 0 Å². The number of nitrogens with zero attached hydrogens (tertiary/aromatic N) is 4. The molecule has 6 N–H and O–H groups in total. The first-order valence-electron chi connectivity index (χ1n) is 13.2. The van der Waals surface area contributed by atoms with Crippen molar-refractivity contribution in [2.45, 2.75) is 47.0 Å². The van der Waals surface area contributed by atoms with Crippen LogP contribution in [0.25, 0.3) is 0 Å². The van der Waals surface area contributed by atoms with Gasteiger partial charge in [0.2, 0.25) is 0 Å². The van der Waals surface area contributed by atoms with Gasteiger partial charge in [0.1, 0.15) is 14.2 Å². The number of nitro groups is 2. The summed E-state index contributed by atoms with van der Waals surface area (Å²) in [5.41, 5.74) is 14.1. The fourth-order valence-corrected chi connectivity index (χ4v) is 5.03. The summed E-state index contributed by atoms with van der Waals surface area (Å²) >= 11 is 22.7. The van der Waals surface area contributed by atoms with E-state index in [0.29, 0.717) is 19.0 Å². The second kappa shape index (κ2) is 33.6. The van der Waals surface area contributed by atoms with Gasteiger partial charge >= 0.3 is 39.0 Å². The Bertz CT molecular complexity index is 1130. The van der Waals surface area contributed by atoms with Crippen LogP contribution in [0.4, 0.5) is 16.2 Å². The minimum absolute atomic E-state index is 0. The molecule has 256 valence electrons. The Hall–Kier alpha value is -0.853. The van der Waals surface area contributed by atoms with Crippen LogP contribution in [0.2, 0.25) is 0 Å². The molecule has 0 aliphatic carbocycles. The number of hydrogen-bond donors (Lipinski definition) is 3. The van der Waals surface area contributed by atoms with Crippen molar-refractivity contribution in [2.24, 2.45) is 17.2 Å². The summed E-state index contributed by atoms with van der Waals surface area (Å²) in [6.45, 7) is 9.48. The molecule has 0 bridgehead atoms. The molecule has 0 unspecified atom stereocenters. The van der Waals surface area contributed by atoms with Crippen LogP contribution in [0.3, 0.4) is 0 Å². The van der Waals surface area contributed by atoms with E-state index in [0.717, 1.165) is 55.7 Å². The number of nitrogens with two attached hydrogens (primary N) is 3. The predicted octanol–water partition coefficient (Wildman–Crippen LogP) is 5.60. The van der Waals surface area contributed by atoms with Crippen molar-refractivity contribution in [2.75, 3.05) is 44.4 Å². The Balaban J connectivity index is -0.000000173. The van der Waals surface area contributed by atoms with Gasteiger partial charge in [-0.2, -0.15) is 0 Å². The number of aryl methyl sites for hydroxylation is 1. The largest absolute Gasteiger partial charge is 2.00 e. The summed E-state index contributed by atoms with van der Waals surface area (Å²) in [5, 5.41) is 21.4. The quantitative estimate of drug-likeness (QED) is 0.0584. The summed E-state index contributed by atoms with van der Waals surface area (Å²) in [5.74, 6) is 1.70. The van der Waals surface area contributed by atoms with Crippen LogP contribution in [0.5, 0.6) is 0 Å². The van der Waals surface area contributed by atoms with Crippen LogP contribution in [0.1, 0.15) is 56.0 Å². The maximum Gasteiger partial charge on any atom is 2.00 e. The van der Waals surface area contributed by atoms with E-state index in [-0.39, 0.29) is 55.3 Å². The summed E-state index contributed by atoms with van der Waals surface area (Å²) in [6.07, 6.45) is 3.18. The third-order valence-corrected chi connectivity index (χ3v) is 8.76. The molecule has 0 saturated carbocycles. The van der Waals surface area contributed by atoms with E-state index >= 15 is 0 Å². The molecule has 0 aromatic heterocycles. The van der Waals surface area contributed by atoms with Crippen molar-refractivity contribution in [1.82, 2.24) is 9.80 Å². The number of benzene rings is 1. The molecule has 0 heterocycles. The molecule has 0 aliphatic rings. The second-order valence-corrected chi connectivity index (χ2v) is 14.4. The van der Waals surface area contributed by atoms with E-state index in [1.165, 1.54) is 42.2 Å².